The topological polar surface area (TPSA) is 57.6 Å². The van der Waals surface area contributed by atoms with Crippen LogP contribution in [0.4, 0.5) is 0 Å². The maximum Gasteiger partial charge on any atom is 0.160 e. The van der Waals surface area contributed by atoms with Gasteiger partial charge in [-0.1, -0.05) is 13.0 Å². The average Bonchev–Trinajstić information content (AvgIpc) is 2.95. The molecule has 1 aromatic heterocycles. The fraction of sp³-hybridized carbons (Fsp3) is 0.375. The number of nitrogens with two attached hydrogens (primary N) is 1. The molecule has 0 bridgehead atoms. The molecule has 20 heavy (non-hydrogen) atoms. The van der Waals surface area contributed by atoms with Gasteiger partial charge in [-0.25, -0.2) is 0 Å². The van der Waals surface area contributed by atoms with Gasteiger partial charge >= 0.3 is 0 Å². The third kappa shape index (κ3) is 2.96. The van der Waals surface area contributed by atoms with E-state index in [2.05, 4.69) is 6.92 Å². The highest BCUT2D eigenvalue weighted by molar-refractivity contribution is 5.43. The lowest BCUT2D eigenvalue weighted by atomic mass is 9.99. The number of methoxy groups -OCH3 is 2. The fourth-order valence-corrected chi connectivity index (χ4v) is 2.34. The number of hydrogen-bond donors (Lipinski definition) is 1. The number of hydrogen-bond acceptors (Lipinski definition) is 4. The average molecular weight is 275 g/mol. The first-order valence-electron chi connectivity index (χ1n) is 6.72. The quantitative estimate of drug-likeness (QED) is 0.880. The van der Waals surface area contributed by atoms with Crippen LogP contribution in [0, 0.1) is 0 Å². The van der Waals surface area contributed by atoms with Gasteiger partial charge in [0.05, 0.1) is 20.5 Å². The molecule has 2 rings (SSSR count). The van der Waals surface area contributed by atoms with Crippen molar-refractivity contribution in [2.75, 3.05) is 14.2 Å². The van der Waals surface area contributed by atoms with Gasteiger partial charge in [0.15, 0.2) is 11.5 Å². The van der Waals surface area contributed by atoms with Crippen LogP contribution in [0.15, 0.2) is 34.9 Å². The lowest BCUT2D eigenvalue weighted by molar-refractivity contribution is 0.354. The molecule has 1 heterocycles. The lowest BCUT2D eigenvalue weighted by Crippen LogP contribution is -2.14. The Hall–Kier alpha value is -1.94. The second-order valence-corrected chi connectivity index (χ2v) is 4.65. The van der Waals surface area contributed by atoms with E-state index in [9.17, 15) is 0 Å². The zero-order chi connectivity index (χ0) is 14.5. The van der Waals surface area contributed by atoms with E-state index >= 15 is 0 Å². The molecule has 0 aliphatic carbocycles. The molecule has 1 unspecified atom stereocenters. The molecule has 0 aliphatic rings. The molecule has 0 saturated carbocycles. The Balaban J connectivity index is 2.17. The molecule has 1 aromatic carbocycles. The second kappa shape index (κ2) is 6.48. The summed E-state index contributed by atoms with van der Waals surface area (Å²) in [5.74, 6) is 2.40. The van der Waals surface area contributed by atoms with Crippen LogP contribution in [0.25, 0.3) is 0 Å². The number of aryl methyl sites for hydroxylation is 1. The third-order valence-electron chi connectivity index (χ3n) is 3.40. The van der Waals surface area contributed by atoms with Crippen molar-refractivity contribution < 1.29 is 13.9 Å². The molecule has 4 heteroatoms. The zero-order valence-electron chi connectivity index (χ0n) is 12.2. The number of benzene rings is 1. The van der Waals surface area contributed by atoms with Gasteiger partial charge in [0.25, 0.3) is 0 Å². The Kier molecular flexibility index (Phi) is 4.69. The number of furan rings is 1. The van der Waals surface area contributed by atoms with Gasteiger partial charge in [0.2, 0.25) is 0 Å². The minimum Gasteiger partial charge on any atom is -0.493 e. The normalized spacial score (nSPS) is 12.2. The predicted octanol–water partition coefficient (Wildman–Crippen LogP) is 3.10. The summed E-state index contributed by atoms with van der Waals surface area (Å²) in [6, 6.07) is 7.74. The van der Waals surface area contributed by atoms with Gasteiger partial charge in [0, 0.05) is 18.0 Å². The van der Waals surface area contributed by atoms with E-state index in [1.54, 1.807) is 20.5 Å². The summed E-state index contributed by atoms with van der Waals surface area (Å²) < 4.78 is 16.0. The molecule has 1 atom stereocenters. The van der Waals surface area contributed by atoms with E-state index in [-0.39, 0.29) is 6.04 Å². The second-order valence-electron chi connectivity index (χ2n) is 4.65. The van der Waals surface area contributed by atoms with Gasteiger partial charge in [0.1, 0.15) is 5.76 Å². The monoisotopic (exact) mass is 275 g/mol. The molecule has 2 aromatic rings. The van der Waals surface area contributed by atoms with Crippen molar-refractivity contribution in [2.24, 2.45) is 5.73 Å². The highest BCUT2D eigenvalue weighted by atomic mass is 16.5. The maximum atomic E-state index is 6.28. The van der Waals surface area contributed by atoms with E-state index in [4.69, 9.17) is 19.6 Å². The van der Waals surface area contributed by atoms with Crippen LogP contribution in [0.5, 0.6) is 11.5 Å². The smallest absolute Gasteiger partial charge is 0.160 e. The molecule has 0 aliphatic heterocycles. The van der Waals surface area contributed by atoms with Crippen molar-refractivity contribution in [3.63, 3.8) is 0 Å². The summed E-state index contributed by atoms with van der Waals surface area (Å²) in [5, 5.41) is 0. The Morgan fingerprint density at radius 3 is 2.55 bits per heavy atom. The molecule has 108 valence electrons. The SMILES string of the molecule is CCc1occc1C(N)Cc1ccc(OC)c(OC)c1. The van der Waals surface area contributed by atoms with Crippen molar-refractivity contribution in [3.8, 4) is 11.5 Å². The lowest BCUT2D eigenvalue weighted by Gasteiger charge is -2.14. The van der Waals surface area contributed by atoms with Crippen LogP contribution in [-0.4, -0.2) is 14.2 Å². The summed E-state index contributed by atoms with van der Waals surface area (Å²) in [6.45, 7) is 2.06. The van der Waals surface area contributed by atoms with Gasteiger partial charge in [-0.2, -0.15) is 0 Å². The molecule has 0 spiro atoms. The molecule has 2 N–H and O–H groups in total. The van der Waals surface area contributed by atoms with Gasteiger partial charge in [-0.15, -0.1) is 0 Å². The van der Waals surface area contributed by atoms with Crippen molar-refractivity contribution >= 4 is 0 Å². The van der Waals surface area contributed by atoms with E-state index in [1.165, 1.54) is 0 Å². The third-order valence-corrected chi connectivity index (χ3v) is 3.40. The van der Waals surface area contributed by atoms with Crippen LogP contribution >= 0.6 is 0 Å². The van der Waals surface area contributed by atoms with Gasteiger partial charge in [-0.05, 0) is 30.2 Å². The van der Waals surface area contributed by atoms with E-state index in [0.29, 0.717) is 0 Å². The first-order chi connectivity index (χ1) is 9.69. The molecule has 4 nitrogen and oxygen atoms in total. The number of ether oxygens (including phenoxy) is 2. The van der Waals surface area contributed by atoms with Crippen molar-refractivity contribution in [3.05, 3.63) is 47.4 Å². The molecular formula is C16H21NO3. The highest BCUT2D eigenvalue weighted by Crippen LogP contribution is 2.29. The highest BCUT2D eigenvalue weighted by Gasteiger charge is 2.14. The van der Waals surface area contributed by atoms with Crippen molar-refractivity contribution in [1.82, 2.24) is 0 Å². The van der Waals surface area contributed by atoms with E-state index in [1.807, 2.05) is 24.3 Å². The van der Waals surface area contributed by atoms with E-state index < -0.39 is 0 Å². The largest absolute Gasteiger partial charge is 0.493 e. The van der Waals surface area contributed by atoms with Crippen LogP contribution in [0.2, 0.25) is 0 Å². The standard InChI is InChI=1S/C16H21NO3/c1-4-14-12(7-8-20-14)13(17)9-11-5-6-15(18-2)16(10-11)19-3/h5-8,10,13H,4,9,17H2,1-3H3. The zero-order valence-corrected chi connectivity index (χ0v) is 12.2. The van der Waals surface area contributed by atoms with E-state index in [0.717, 1.165) is 41.2 Å². The maximum absolute atomic E-state index is 6.28. The van der Waals surface area contributed by atoms with Crippen LogP contribution in [0.3, 0.4) is 0 Å². The Bertz CT molecular complexity index is 563. The molecule has 0 fully saturated rings. The van der Waals surface area contributed by atoms with Gasteiger partial charge in [-0.3, -0.25) is 0 Å². The van der Waals surface area contributed by atoms with Crippen LogP contribution in [-0.2, 0) is 12.8 Å². The molecule has 0 amide bonds. The van der Waals surface area contributed by atoms with Gasteiger partial charge < -0.3 is 19.6 Å². The Labute approximate surface area is 119 Å². The number of rotatable bonds is 6. The fourth-order valence-electron chi connectivity index (χ4n) is 2.34. The summed E-state index contributed by atoms with van der Waals surface area (Å²) >= 11 is 0. The minimum atomic E-state index is -0.0817. The predicted molar refractivity (Wildman–Crippen MR) is 78.3 cm³/mol. The summed E-state index contributed by atoms with van der Waals surface area (Å²) in [4.78, 5) is 0. The molecule has 0 radical (unpaired) electrons. The molecular weight excluding hydrogens is 254 g/mol. The van der Waals surface area contributed by atoms with Crippen molar-refractivity contribution in [1.29, 1.82) is 0 Å². The summed E-state index contributed by atoms with van der Waals surface area (Å²) in [6.07, 6.45) is 3.28. The molecule has 0 saturated heterocycles. The Morgan fingerprint density at radius 2 is 1.90 bits per heavy atom. The van der Waals surface area contributed by atoms with Crippen molar-refractivity contribution in [2.45, 2.75) is 25.8 Å². The summed E-state index contributed by atoms with van der Waals surface area (Å²) in [5.41, 5.74) is 8.46. The Morgan fingerprint density at radius 1 is 1.15 bits per heavy atom. The van der Waals surface area contributed by atoms with Crippen LogP contribution < -0.4 is 15.2 Å². The minimum absolute atomic E-state index is 0.0817. The first kappa shape index (κ1) is 14.5. The first-order valence-corrected chi connectivity index (χ1v) is 6.72. The summed E-state index contributed by atoms with van der Waals surface area (Å²) in [7, 11) is 3.26. The van der Waals surface area contributed by atoms with Crippen LogP contribution in [0.1, 0.15) is 29.9 Å².